The molecule has 0 spiro atoms. The van der Waals surface area contributed by atoms with Gasteiger partial charge >= 0.3 is 0 Å². The van der Waals surface area contributed by atoms with Gasteiger partial charge in [-0.3, -0.25) is 0 Å². The van der Waals surface area contributed by atoms with Crippen molar-refractivity contribution in [2.24, 2.45) is 0 Å². The third kappa shape index (κ3) is 28.1. The van der Waals surface area contributed by atoms with Gasteiger partial charge in [0.1, 0.15) is 5.82 Å². The van der Waals surface area contributed by atoms with Gasteiger partial charge in [0.05, 0.1) is 51.0 Å². The Balaban J connectivity index is 1.88. The highest BCUT2D eigenvalue weighted by Gasteiger charge is 2.22. The molecule has 8 nitrogen and oxygen atoms in total. The van der Waals surface area contributed by atoms with Gasteiger partial charge in [-0.15, -0.1) is 0 Å². The van der Waals surface area contributed by atoms with Crippen molar-refractivity contribution in [2.45, 2.75) is 273 Å². The number of rotatable bonds is 51. The zero-order chi connectivity index (χ0) is 56.2. The number of aromatic nitrogens is 2. The zero-order valence-corrected chi connectivity index (χ0v) is 51.1. The van der Waals surface area contributed by atoms with Gasteiger partial charge in [-0.2, -0.15) is 0 Å². The van der Waals surface area contributed by atoms with Crippen LogP contribution in [-0.4, -0.2) is 49.6 Å². The molecule has 0 saturated carbocycles. The lowest BCUT2D eigenvalue weighted by Gasteiger charge is -2.20. The minimum absolute atomic E-state index is 0.301. The van der Waals surface area contributed by atoms with Crippen molar-refractivity contribution >= 4 is 0 Å². The van der Waals surface area contributed by atoms with Crippen LogP contribution in [0.15, 0.2) is 54.6 Å². The maximum absolute atomic E-state index is 14.6. The van der Waals surface area contributed by atoms with Crippen LogP contribution in [0, 0.1) is 5.82 Å². The third-order valence-corrected chi connectivity index (χ3v) is 15.0. The van der Waals surface area contributed by atoms with Crippen LogP contribution in [0.5, 0.6) is 34.5 Å². The maximum Gasteiger partial charge on any atom is 0.203 e. The molecule has 0 fully saturated rings. The highest BCUT2D eigenvalue weighted by atomic mass is 19.1. The summed E-state index contributed by atoms with van der Waals surface area (Å²) in [6.07, 6.45) is 42.0. The molecule has 3 aromatic carbocycles. The summed E-state index contributed by atoms with van der Waals surface area (Å²) < 4.78 is 55.2. The maximum atomic E-state index is 14.6. The lowest BCUT2D eigenvalue weighted by molar-refractivity contribution is 0.234. The predicted octanol–water partition coefficient (Wildman–Crippen LogP) is 22.1. The number of hydrogen-bond donors (Lipinski definition) is 0. The van der Waals surface area contributed by atoms with Crippen molar-refractivity contribution in [1.29, 1.82) is 0 Å². The quantitative estimate of drug-likeness (QED) is 0.0405. The number of benzene rings is 3. The number of nitrogens with zero attached hydrogens (tertiary/aromatic N) is 2. The van der Waals surface area contributed by atoms with Gasteiger partial charge < -0.3 is 28.4 Å². The van der Waals surface area contributed by atoms with Gasteiger partial charge in [-0.25, -0.2) is 14.4 Å². The Morgan fingerprint density at radius 1 is 0.278 bits per heavy atom. The lowest BCUT2D eigenvalue weighted by atomic mass is 10.0. The Morgan fingerprint density at radius 2 is 0.532 bits per heavy atom. The third-order valence-electron chi connectivity index (χ3n) is 15.0. The standard InChI is InChI=1S/C70H111FN2O6/c1-7-13-19-25-31-37-47-74-64-53-59(54-65(75-48-38-32-26-20-14-8-2)68(64)78-51-41-35-29-23-17-11-5)63-57-62(58-43-45-61(71)46-44-58)72-70(73-63)60-55-66(76-49-39-33-27-21-15-9-3)69(79-52-42-36-30-24-18-12-6)67(56-60)77-50-40-34-28-22-16-10-4/h43-46,53-57H,7-42,47-52H2,1-6H3. The Bertz CT molecular complexity index is 1930. The van der Waals surface area contributed by atoms with Gasteiger partial charge in [0, 0.05) is 16.7 Å². The number of halogens is 1. The van der Waals surface area contributed by atoms with Crippen molar-refractivity contribution in [1.82, 2.24) is 9.97 Å². The Kier molecular flexibility index (Phi) is 37.4. The Labute approximate surface area is 481 Å². The van der Waals surface area contributed by atoms with E-state index >= 15 is 0 Å². The molecule has 0 radical (unpaired) electrons. The zero-order valence-electron chi connectivity index (χ0n) is 51.1. The van der Waals surface area contributed by atoms with Crippen LogP contribution in [0.4, 0.5) is 4.39 Å². The molecule has 0 aliphatic rings. The Hall–Kier alpha value is -4.53. The monoisotopic (exact) mass is 1090 g/mol. The van der Waals surface area contributed by atoms with Gasteiger partial charge in [0.2, 0.25) is 11.5 Å². The minimum Gasteiger partial charge on any atom is -0.490 e. The summed E-state index contributed by atoms with van der Waals surface area (Å²) in [6, 6.07) is 16.8. The first-order valence-corrected chi connectivity index (χ1v) is 32.7. The fourth-order valence-electron chi connectivity index (χ4n) is 10.0. The summed E-state index contributed by atoms with van der Waals surface area (Å²) >= 11 is 0. The number of ether oxygens (including phenoxy) is 6. The van der Waals surface area contributed by atoms with Crippen LogP contribution >= 0.6 is 0 Å². The fourth-order valence-corrected chi connectivity index (χ4v) is 10.0. The van der Waals surface area contributed by atoms with E-state index in [2.05, 4.69) is 53.7 Å². The highest BCUT2D eigenvalue weighted by Crippen LogP contribution is 2.45. The number of hydrogen-bond acceptors (Lipinski definition) is 8. The summed E-state index contributed by atoms with van der Waals surface area (Å²) in [5.74, 6) is 4.15. The van der Waals surface area contributed by atoms with Crippen LogP contribution in [0.2, 0.25) is 0 Å². The summed E-state index contributed by atoms with van der Waals surface area (Å²) in [5, 5.41) is 0. The molecule has 0 aliphatic heterocycles. The Morgan fingerprint density at radius 3 is 0.835 bits per heavy atom. The van der Waals surface area contributed by atoms with E-state index in [4.69, 9.17) is 38.4 Å². The SMILES string of the molecule is CCCCCCCCOc1cc(-c2cc(-c3ccc(F)cc3)nc(-c3cc(OCCCCCCCC)c(OCCCCCCCC)c(OCCCCCCCC)c3)n2)cc(OCCCCCCCC)c1OCCCCCCCC. The highest BCUT2D eigenvalue weighted by molar-refractivity contribution is 5.76. The molecule has 4 aromatic rings. The van der Waals surface area contributed by atoms with E-state index in [-0.39, 0.29) is 5.82 Å². The minimum atomic E-state index is -0.301. The van der Waals surface area contributed by atoms with Gasteiger partial charge in [-0.05, 0) is 93.1 Å². The average molecular weight is 1100 g/mol. The summed E-state index contributed by atoms with van der Waals surface area (Å²) in [7, 11) is 0. The van der Waals surface area contributed by atoms with Crippen molar-refractivity contribution in [3.05, 3.63) is 60.4 Å². The molecule has 0 saturated heterocycles. The molecule has 0 aliphatic carbocycles. The first-order valence-electron chi connectivity index (χ1n) is 32.7. The van der Waals surface area contributed by atoms with Crippen molar-refractivity contribution < 1.29 is 32.8 Å². The molecule has 444 valence electrons. The molecule has 0 atom stereocenters. The normalized spacial score (nSPS) is 11.3. The van der Waals surface area contributed by atoms with Crippen LogP contribution in [0.25, 0.3) is 33.9 Å². The van der Waals surface area contributed by atoms with Crippen molar-refractivity contribution in [2.75, 3.05) is 39.6 Å². The fraction of sp³-hybridized carbons (Fsp3) is 0.686. The van der Waals surface area contributed by atoms with E-state index < -0.39 is 0 Å². The first kappa shape index (κ1) is 67.0. The van der Waals surface area contributed by atoms with E-state index in [9.17, 15) is 4.39 Å². The van der Waals surface area contributed by atoms with E-state index in [1.165, 1.54) is 166 Å². The molecular formula is C70H111FN2O6. The predicted molar refractivity (Wildman–Crippen MR) is 332 cm³/mol. The first-order chi connectivity index (χ1) is 39.0. The molecule has 0 bridgehead atoms. The van der Waals surface area contributed by atoms with Gasteiger partial charge in [-0.1, -0.05) is 234 Å². The second-order valence-electron chi connectivity index (χ2n) is 22.3. The number of unbranched alkanes of at least 4 members (excludes halogenated alkanes) is 30. The molecule has 1 heterocycles. The molecule has 79 heavy (non-hydrogen) atoms. The van der Waals surface area contributed by atoms with Crippen LogP contribution in [-0.2, 0) is 0 Å². The van der Waals surface area contributed by atoms with E-state index in [0.29, 0.717) is 91.4 Å². The van der Waals surface area contributed by atoms with E-state index in [1.807, 2.05) is 18.2 Å². The van der Waals surface area contributed by atoms with Gasteiger partial charge in [0.15, 0.2) is 28.8 Å². The van der Waals surface area contributed by atoms with E-state index in [0.717, 1.165) is 93.7 Å². The second-order valence-corrected chi connectivity index (χ2v) is 22.3. The topological polar surface area (TPSA) is 81.2 Å². The molecule has 0 unspecified atom stereocenters. The lowest BCUT2D eigenvalue weighted by Crippen LogP contribution is -2.08. The van der Waals surface area contributed by atoms with Gasteiger partial charge in [0.25, 0.3) is 0 Å². The van der Waals surface area contributed by atoms with Crippen molar-refractivity contribution in [3.8, 4) is 68.4 Å². The molecular weight excluding hydrogens is 984 g/mol. The largest absolute Gasteiger partial charge is 0.490 e. The van der Waals surface area contributed by atoms with E-state index in [1.54, 1.807) is 12.1 Å². The second kappa shape index (κ2) is 44.2. The molecule has 4 rings (SSSR count). The summed E-state index contributed by atoms with van der Waals surface area (Å²) in [4.78, 5) is 10.7. The van der Waals surface area contributed by atoms with Crippen molar-refractivity contribution in [3.63, 3.8) is 0 Å². The molecule has 1 aromatic heterocycles. The van der Waals surface area contributed by atoms with Crippen LogP contribution in [0.1, 0.15) is 273 Å². The summed E-state index contributed by atoms with van der Waals surface area (Å²) in [5.41, 5.74) is 3.72. The molecule has 0 amide bonds. The molecule has 9 heteroatoms. The average Bonchev–Trinajstić information content (AvgIpc) is 3.53. The summed E-state index contributed by atoms with van der Waals surface area (Å²) in [6.45, 7) is 17.0. The smallest absolute Gasteiger partial charge is 0.203 e. The van der Waals surface area contributed by atoms with Crippen LogP contribution in [0.3, 0.4) is 0 Å². The van der Waals surface area contributed by atoms with Crippen LogP contribution < -0.4 is 28.4 Å². The molecule has 0 N–H and O–H groups in total.